The van der Waals surface area contributed by atoms with Crippen LogP contribution in [0.25, 0.3) is 10.2 Å². The Kier molecular flexibility index (Phi) is 10.9. The van der Waals surface area contributed by atoms with Crippen LogP contribution in [0, 0.1) is 0 Å². The van der Waals surface area contributed by atoms with Crippen molar-refractivity contribution in [1.29, 1.82) is 0 Å². The van der Waals surface area contributed by atoms with E-state index in [2.05, 4.69) is 35.8 Å². The number of aromatic nitrogens is 1. The monoisotopic (exact) mass is 548 g/mol. The van der Waals surface area contributed by atoms with Gasteiger partial charge in [0.2, 0.25) is 0 Å². The molecule has 0 spiro atoms. The number of hydrogen-bond donors (Lipinski definition) is 2. The molecule has 2 aromatic rings. The number of aryl methyl sites for hydroxylation is 1. The minimum absolute atomic E-state index is 0. The molecule has 1 aromatic carbocycles. The molecule has 3 unspecified atom stereocenters. The molecular weight excluding hydrogens is 515 g/mol. The molecule has 29 heavy (non-hydrogen) atoms. The number of thiazole rings is 1. The zero-order valence-corrected chi connectivity index (χ0v) is 21.3. The third-order valence-electron chi connectivity index (χ3n) is 5.12. The number of nitrogens with zero attached hydrogens (tertiary/aromatic N) is 2. The van der Waals surface area contributed by atoms with Crippen molar-refractivity contribution >= 4 is 62.3 Å². The van der Waals surface area contributed by atoms with Gasteiger partial charge in [-0.2, -0.15) is 0 Å². The quantitative estimate of drug-likeness (QED) is 0.221. The van der Waals surface area contributed by atoms with Gasteiger partial charge in [0.1, 0.15) is 0 Å². The molecule has 0 bridgehead atoms. The van der Waals surface area contributed by atoms with E-state index in [1.165, 1.54) is 9.71 Å². The summed E-state index contributed by atoms with van der Waals surface area (Å²) in [6.07, 6.45) is 6.30. The topological polar surface area (TPSA) is 66.4 Å². The fourth-order valence-corrected chi connectivity index (χ4v) is 6.07. The number of para-hydroxylation sites is 1. The second kappa shape index (κ2) is 12.8. The van der Waals surface area contributed by atoms with Gasteiger partial charge in [0.15, 0.2) is 5.96 Å². The fourth-order valence-electron chi connectivity index (χ4n) is 3.71. The first-order valence-corrected chi connectivity index (χ1v) is 12.7. The van der Waals surface area contributed by atoms with Crippen LogP contribution < -0.4 is 10.6 Å². The number of halogens is 1. The van der Waals surface area contributed by atoms with Crippen LogP contribution in [0.15, 0.2) is 29.3 Å². The lowest BCUT2D eigenvalue weighted by atomic mass is 9.95. The Morgan fingerprint density at radius 2 is 2.14 bits per heavy atom. The van der Waals surface area contributed by atoms with Crippen molar-refractivity contribution in [2.45, 2.75) is 63.7 Å². The zero-order valence-electron chi connectivity index (χ0n) is 17.4. The van der Waals surface area contributed by atoms with Crippen LogP contribution in [0.2, 0.25) is 0 Å². The Morgan fingerprint density at radius 3 is 2.90 bits per heavy atom. The predicted molar refractivity (Wildman–Crippen MR) is 137 cm³/mol. The molecule has 1 aromatic heterocycles. The largest absolute Gasteiger partial charge is 0.357 e. The SMILES string of the molecule is CCNC(=NCCCc1nc2ccccc2s1)NC1CCCC(S(=O)CC)C1.I. The van der Waals surface area contributed by atoms with Gasteiger partial charge in [-0.3, -0.25) is 9.20 Å². The summed E-state index contributed by atoms with van der Waals surface area (Å²) in [5.74, 6) is 1.65. The van der Waals surface area contributed by atoms with Crippen molar-refractivity contribution < 1.29 is 4.21 Å². The van der Waals surface area contributed by atoms with Gasteiger partial charge in [-0.05, 0) is 44.7 Å². The van der Waals surface area contributed by atoms with E-state index < -0.39 is 10.8 Å². The van der Waals surface area contributed by atoms with Crippen LogP contribution in [0.4, 0.5) is 0 Å². The Morgan fingerprint density at radius 1 is 1.31 bits per heavy atom. The lowest BCUT2D eigenvalue weighted by molar-refractivity contribution is 0.413. The molecule has 0 radical (unpaired) electrons. The lowest BCUT2D eigenvalue weighted by Crippen LogP contribution is -2.46. The van der Waals surface area contributed by atoms with Crippen molar-refractivity contribution in [1.82, 2.24) is 15.6 Å². The Bertz CT molecular complexity index is 778. The molecule has 8 heteroatoms. The van der Waals surface area contributed by atoms with Crippen molar-refractivity contribution in [3.05, 3.63) is 29.3 Å². The van der Waals surface area contributed by atoms with E-state index in [9.17, 15) is 4.21 Å². The van der Waals surface area contributed by atoms with Crippen molar-refractivity contribution in [2.24, 2.45) is 4.99 Å². The standard InChI is InChI=1S/C21H32N4OS2.HI/c1-3-22-21(24-16-9-7-10-17(15-16)28(26)4-2)23-14-8-13-20-25-18-11-5-6-12-19(18)27-20;/h5-6,11-12,16-17H,3-4,7-10,13-15H2,1-2H3,(H2,22,23,24);1H. The van der Waals surface area contributed by atoms with Gasteiger partial charge in [0.25, 0.3) is 0 Å². The molecule has 1 heterocycles. The first-order chi connectivity index (χ1) is 13.7. The van der Waals surface area contributed by atoms with E-state index >= 15 is 0 Å². The van der Waals surface area contributed by atoms with E-state index in [1.807, 2.05) is 13.0 Å². The molecule has 162 valence electrons. The number of nitrogens with one attached hydrogen (secondary N) is 2. The normalized spacial score (nSPS) is 20.8. The van der Waals surface area contributed by atoms with Gasteiger partial charge >= 0.3 is 0 Å². The van der Waals surface area contributed by atoms with Crippen LogP contribution >= 0.6 is 35.3 Å². The molecule has 1 fully saturated rings. The average molecular weight is 549 g/mol. The number of rotatable bonds is 8. The number of aliphatic imine (C=N–C) groups is 1. The first kappa shape index (κ1) is 24.5. The minimum Gasteiger partial charge on any atom is -0.357 e. The second-order valence-corrected chi connectivity index (χ2v) is 10.4. The zero-order chi connectivity index (χ0) is 19.8. The summed E-state index contributed by atoms with van der Waals surface area (Å²) in [5.41, 5.74) is 1.09. The third-order valence-corrected chi connectivity index (χ3v) is 7.96. The Labute approximate surface area is 198 Å². The summed E-state index contributed by atoms with van der Waals surface area (Å²) in [5, 5.41) is 8.45. The summed E-state index contributed by atoms with van der Waals surface area (Å²) < 4.78 is 13.4. The van der Waals surface area contributed by atoms with Crippen LogP contribution in [-0.4, -0.2) is 45.3 Å². The molecule has 0 saturated heterocycles. The maximum absolute atomic E-state index is 12.2. The van der Waals surface area contributed by atoms with E-state index in [0.29, 0.717) is 11.3 Å². The summed E-state index contributed by atoms with van der Waals surface area (Å²) in [7, 11) is -0.694. The molecule has 0 aliphatic heterocycles. The predicted octanol–water partition coefficient (Wildman–Crippen LogP) is 4.48. The smallest absolute Gasteiger partial charge is 0.191 e. The second-order valence-electron chi connectivity index (χ2n) is 7.24. The maximum atomic E-state index is 12.2. The first-order valence-electron chi connectivity index (χ1n) is 10.5. The highest BCUT2D eigenvalue weighted by molar-refractivity contribution is 14.0. The summed E-state index contributed by atoms with van der Waals surface area (Å²) >= 11 is 1.78. The molecule has 3 atom stereocenters. The van der Waals surface area contributed by atoms with E-state index in [-0.39, 0.29) is 24.0 Å². The van der Waals surface area contributed by atoms with E-state index in [0.717, 1.165) is 68.8 Å². The lowest BCUT2D eigenvalue weighted by Gasteiger charge is -2.30. The van der Waals surface area contributed by atoms with Gasteiger partial charge in [0.05, 0.1) is 15.2 Å². The molecule has 5 nitrogen and oxygen atoms in total. The van der Waals surface area contributed by atoms with Crippen LogP contribution in [0.1, 0.15) is 51.0 Å². The molecule has 1 aliphatic carbocycles. The van der Waals surface area contributed by atoms with Crippen molar-refractivity contribution in [3.63, 3.8) is 0 Å². The third kappa shape index (κ3) is 7.47. The van der Waals surface area contributed by atoms with Gasteiger partial charge in [-0.1, -0.05) is 25.5 Å². The van der Waals surface area contributed by atoms with Gasteiger partial charge < -0.3 is 10.6 Å². The number of fused-ring (bicyclic) bond motifs is 1. The molecule has 0 amide bonds. The highest BCUT2D eigenvalue weighted by Gasteiger charge is 2.25. The van der Waals surface area contributed by atoms with Crippen LogP contribution in [-0.2, 0) is 17.2 Å². The number of guanidine groups is 1. The molecule has 2 N–H and O–H groups in total. The van der Waals surface area contributed by atoms with Gasteiger partial charge in [0, 0.05) is 47.4 Å². The fraction of sp³-hybridized carbons (Fsp3) is 0.619. The number of hydrogen-bond acceptors (Lipinski definition) is 4. The Hall–Kier alpha value is -0.740. The van der Waals surface area contributed by atoms with Crippen molar-refractivity contribution in [3.8, 4) is 0 Å². The summed E-state index contributed by atoms with van der Waals surface area (Å²) in [4.78, 5) is 9.46. The Balaban J connectivity index is 0.00000300. The van der Waals surface area contributed by atoms with Crippen LogP contribution in [0.3, 0.4) is 0 Å². The minimum atomic E-state index is -0.694. The van der Waals surface area contributed by atoms with Gasteiger partial charge in [-0.15, -0.1) is 35.3 Å². The van der Waals surface area contributed by atoms with Gasteiger partial charge in [-0.25, -0.2) is 4.98 Å². The highest BCUT2D eigenvalue weighted by atomic mass is 127. The van der Waals surface area contributed by atoms with Crippen molar-refractivity contribution in [2.75, 3.05) is 18.8 Å². The molecule has 1 saturated carbocycles. The number of benzene rings is 1. The van der Waals surface area contributed by atoms with E-state index in [4.69, 9.17) is 9.98 Å². The molecule has 3 rings (SSSR count). The van der Waals surface area contributed by atoms with E-state index in [1.54, 1.807) is 11.3 Å². The average Bonchev–Trinajstić information content (AvgIpc) is 3.13. The van der Waals surface area contributed by atoms with Crippen LogP contribution in [0.5, 0.6) is 0 Å². The maximum Gasteiger partial charge on any atom is 0.191 e. The summed E-state index contributed by atoms with van der Waals surface area (Å²) in [6, 6.07) is 8.68. The molecule has 1 aliphatic rings. The summed E-state index contributed by atoms with van der Waals surface area (Å²) in [6.45, 7) is 5.74. The molecular formula is C21H33IN4OS2. The highest BCUT2D eigenvalue weighted by Crippen LogP contribution is 2.23.